The lowest BCUT2D eigenvalue weighted by Crippen LogP contribution is -2.34. The molecule has 0 atom stereocenters. The molecule has 3 aromatic carbocycles. The van der Waals surface area contributed by atoms with Crippen LogP contribution < -0.4 is 15.4 Å². The SMILES string of the molecule is Cc1ccc(NC(=S)NC(=O)c2ccccc2OCCc2ccccc2)cc1. The molecule has 0 aromatic heterocycles. The first-order valence-corrected chi connectivity index (χ1v) is 9.47. The molecule has 0 unspecified atom stereocenters. The minimum absolute atomic E-state index is 0.243. The smallest absolute Gasteiger partial charge is 0.261 e. The molecule has 0 heterocycles. The molecule has 0 bridgehead atoms. The largest absolute Gasteiger partial charge is 0.492 e. The van der Waals surface area contributed by atoms with E-state index in [2.05, 4.69) is 22.8 Å². The second-order valence-electron chi connectivity index (χ2n) is 6.35. The molecule has 0 aliphatic heterocycles. The normalized spacial score (nSPS) is 10.2. The Labute approximate surface area is 170 Å². The van der Waals surface area contributed by atoms with Gasteiger partial charge in [0.15, 0.2) is 5.11 Å². The molecule has 1 amide bonds. The summed E-state index contributed by atoms with van der Waals surface area (Å²) >= 11 is 5.26. The van der Waals surface area contributed by atoms with Gasteiger partial charge >= 0.3 is 0 Å². The molecule has 0 spiro atoms. The summed E-state index contributed by atoms with van der Waals surface area (Å²) < 4.78 is 5.85. The third kappa shape index (κ3) is 5.66. The van der Waals surface area contributed by atoms with E-state index in [9.17, 15) is 4.79 Å². The van der Waals surface area contributed by atoms with Gasteiger partial charge in [-0.05, 0) is 49.0 Å². The van der Waals surface area contributed by atoms with Crippen molar-refractivity contribution in [3.63, 3.8) is 0 Å². The highest BCUT2D eigenvalue weighted by molar-refractivity contribution is 7.80. The van der Waals surface area contributed by atoms with Crippen LogP contribution in [0.2, 0.25) is 0 Å². The lowest BCUT2D eigenvalue weighted by atomic mass is 10.1. The number of thiocarbonyl (C=S) groups is 1. The van der Waals surface area contributed by atoms with Crippen molar-refractivity contribution < 1.29 is 9.53 Å². The highest BCUT2D eigenvalue weighted by Gasteiger charge is 2.13. The van der Waals surface area contributed by atoms with Gasteiger partial charge < -0.3 is 10.1 Å². The number of aryl methyl sites for hydroxylation is 1. The molecule has 0 saturated carbocycles. The Kier molecular flexibility index (Phi) is 6.76. The van der Waals surface area contributed by atoms with E-state index >= 15 is 0 Å². The van der Waals surface area contributed by atoms with Crippen molar-refractivity contribution in [1.82, 2.24) is 5.32 Å². The summed E-state index contributed by atoms with van der Waals surface area (Å²) in [5, 5.41) is 5.97. The quantitative estimate of drug-likeness (QED) is 0.597. The predicted octanol–water partition coefficient (Wildman–Crippen LogP) is 4.74. The van der Waals surface area contributed by atoms with Crippen molar-refractivity contribution in [2.24, 2.45) is 0 Å². The van der Waals surface area contributed by atoms with E-state index in [4.69, 9.17) is 17.0 Å². The predicted molar refractivity (Wildman–Crippen MR) is 117 cm³/mol. The van der Waals surface area contributed by atoms with Gasteiger partial charge in [0, 0.05) is 12.1 Å². The van der Waals surface area contributed by atoms with Crippen LogP contribution in [0.5, 0.6) is 5.75 Å². The Bertz CT molecular complexity index is 940. The van der Waals surface area contributed by atoms with Gasteiger partial charge in [-0.15, -0.1) is 0 Å². The highest BCUT2D eigenvalue weighted by atomic mass is 32.1. The molecule has 2 N–H and O–H groups in total. The van der Waals surface area contributed by atoms with Gasteiger partial charge in [-0.2, -0.15) is 0 Å². The van der Waals surface area contributed by atoms with E-state index in [0.717, 1.165) is 17.7 Å². The fourth-order valence-corrected chi connectivity index (χ4v) is 2.88. The molecular weight excluding hydrogens is 368 g/mol. The highest BCUT2D eigenvalue weighted by Crippen LogP contribution is 2.18. The minimum atomic E-state index is -0.306. The van der Waals surface area contributed by atoms with Crippen molar-refractivity contribution in [2.75, 3.05) is 11.9 Å². The number of rotatable bonds is 6. The average molecular weight is 391 g/mol. The van der Waals surface area contributed by atoms with Gasteiger partial charge in [-0.3, -0.25) is 10.1 Å². The molecule has 0 aliphatic carbocycles. The van der Waals surface area contributed by atoms with Crippen molar-refractivity contribution in [1.29, 1.82) is 0 Å². The summed E-state index contributed by atoms with van der Waals surface area (Å²) in [6.45, 7) is 2.50. The topological polar surface area (TPSA) is 50.4 Å². The average Bonchev–Trinajstić information content (AvgIpc) is 2.71. The number of carbonyl (C=O) groups excluding carboxylic acids is 1. The van der Waals surface area contributed by atoms with E-state index in [1.165, 1.54) is 5.56 Å². The number of nitrogens with one attached hydrogen (secondary N) is 2. The van der Waals surface area contributed by atoms with Crippen molar-refractivity contribution in [2.45, 2.75) is 13.3 Å². The van der Waals surface area contributed by atoms with Crippen LogP contribution in [0.15, 0.2) is 78.9 Å². The molecule has 0 fully saturated rings. The van der Waals surface area contributed by atoms with E-state index in [0.29, 0.717) is 17.9 Å². The number of amides is 1. The maximum Gasteiger partial charge on any atom is 0.261 e. The molecule has 3 rings (SSSR count). The summed E-state index contributed by atoms with van der Waals surface area (Å²) in [4.78, 5) is 12.6. The number of benzene rings is 3. The molecule has 0 aliphatic rings. The van der Waals surface area contributed by atoms with Gasteiger partial charge in [0.25, 0.3) is 5.91 Å². The van der Waals surface area contributed by atoms with Gasteiger partial charge in [0.2, 0.25) is 0 Å². The molecule has 142 valence electrons. The van der Waals surface area contributed by atoms with Crippen LogP contribution in [0.3, 0.4) is 0 Å². The number of ether oxygens (including phenoxy) is 1. The summed E-state index contributed by atoms with van der Waals surface area (Å²) in [5.74, 6) is 0.231. The van der Waals surface area contributed by atoms with Crippen LogP contribution >= 0.6 is 12.2 Å². The zero-order valence-electron chi connectivity index (χ0n) is 15.6. The number of anilines is 1. The molecule has 4 nitrogen and oxygen atoms in total. The Morgan fingerprint density at radius 2 is 1.61 bits per heavy atom. The lowest BCUT2D eigenvalue weighted by Gasteiger charge is -2.13. The van der Waals surface area contributed by atoms with Crippen LogP contribution in [0.4, 0.5) is 5.69 Å². The second kappa shape index (κ2) is 9.67. The van der Waals surface area contributed by atoms with Gasteiger partial charge in [0.1, 0.15) is 5.75 Å². The fourth-order valence-electron chi connectivity index (χ4n) is 2.67. The van der Waals surface area contributed by atoms with Crippen molar-refractivity contribution >= 4 is 28.9 Å². The second-order valence-corrected chi connectivity index (χ2v) is 6.76. The zero-order chi connectivity index (χ0) is 19.8. The third-order valence-electron chi connectivity index (χ3n) is 4.16. The van der Waals surface area contributed by atoms with E-state index in [-0.39, 0.29) is 11.0 Å². The zero-order valence-corrected chi connectivity index (χ0v) is 16.5. The van der Waals surface area contributed by atoms with E-state index < -0.39 is 0 Å². The molecule has 5 heteroatoms. The molecule has 0 saturated heterocycles. The number of hydrogen-bond acceptors (Lipinski definition) is 3. The van der Waals surface area contributed by atoms with Crippen molar-refractivity contribution in [3.05, 3.63) is 95.6 Å². The Morgan fingerprint density at radius 3 is 2.36 bits per heavy atom. The van der Waals surface area contributed by atoms with Crippen LogP contribution in [0.1, 0.15) is 21.5 Å². The first kappa shape index (κ1) is 19.6. The maximum atomic E-state index is 12.6. The summed E-state index contributed by atoms with van der Waals surface area (Å²) in [6, 6.07) is 25.0. The Morgan fingerprint density at radius 1 is 0.929 bits per heavy atom. The van der Waals surface area contributed by atoms with Crippen LogP contribution in [0, 0.1) is 6.92 Å². The molecular formula is C23H22N2O2S. The molecule has 0 radical (unpaired) electrons. The standard InChI is InChI=1S/C23H22N2O2S/c1-17-11-13-19(14-12-17)24-23(28)25-22(26)20-9-5-6-10-21(20)27-16-15-18-7-3-2-4-8-18/h2-14H,15-16H2,1H3,(H2,24,25,26,28). The fraction of sp³-hybridized carbons (Fsp3) is 0.130. The summed E-state index contributed by atoms with van der Waals surface area (Å²) in [5.41, 5.74) is 3.61. The number of hydrogen-bond donors (Lipinski definition) is 2. The molecule has 3 aromatic rings. The minimum Gasteiger partial charge on any atom is -0.492 e. The Balaban J connectivity index is 1.58. The van der Waals surface area contributed by atoms with Gasteiger partial charge in [-0.1, -0.05) is 60.2 Å². The van der Waals surface area contributed by atoms with Crippen LogP contribution in [-0.2, 0) is 6.42 Å². The van der Waals surface area contributed by atoms with E-state index in [1.807, 2.05) is 55.5 Å². The Hall–Kier alpha value is -3.18. The van der Waals surface area contributed by atoms with Crippen LogP contribution in [0.25, 0.3) is 0 Å². The van der Waals surface area contributed by atoms with Crippen LogP contribution in [-0.4, -0.2) is 17.6 Å². The first-order valence-electron chi connectivity index (χ1n) is 9.06. The summed E-state index contributed by atoms with van der Waals surface area (Å²) in [6.07, 6.45) is 0.768. The maximum absolute atomic E-state index is 12.6. The lowest BCUT2D eigenvalue weighted by molar-refractivity contribution is 0.0974. The van der Waals surface area contributed by atoms with Gasteiger partial charge in [-0.25, -0.2) is 0 Å². The summed E-state index contributed by atoms with van der Waals surface area (Å²) in [7, 11) is 0. The molecule has 28 heavy (non-hydrogen) atoms. The van der Waals surface area contributed by atoms with Crippen molar-refractivity contribution in [3.8, 4) is 5.75 Å². The number of carbonyl (C=O) groups is 1. The van der Waals surface area contributed by atoms with E-state index in [1.54, 1.807) is 18.2 Å². The first-order chi connectivity index (χ1) is 13.6. The number of para-hydroxylation sites is 1. The third-order valence-corrected chi connectivity index (χ3v) is 4.36. The monoisotopic (exact) mass is 390 g/mol. The van der Waals surface area contributed by atoms with Gasteiger partial charge in [0.05, 0.1) is 12.2 Å².